The Morgan fingerprint density at radius 1 is 1.18 bits per heavy atom. The second kappa shape index (κ2) is 8.93. The SMILES string of the molecule is COC(=O)C1CN2c3nc(C)c(C)c4c(F)c(-c5cc(N)nc(C)c5C(F)(F)F)nc(c34)OC(C)[C@@H]2CN1. The van der Waals surface area contributed by atoms with E-state index in [4.69, 9.17) is 20.2 Å². The number of carbonyl (C=O) groups excluding carboxylic acids is 1. The number of aromatic nitrogens is 3. The molecule has 1 fully saturated rings. The summed E-state index contributed by atoms with van der Waals surface area (Å²) in [4.78, 5) is 26.9. The van der Waals surface area contributed by atoms with Crippen LogP contribution in [0.3, 0.4) is 0 Å². The van der Waals surface area contributed by atoms with Gasteiger partial charge in [0.2, 0.25) is 5.88 Å². The Hall–Kier alpha value is -3.74. The van der Waals surface area contributed by atoms with Gasteiger partial charge in [-0.15, -0.1) is 0 Å². The fourth-order valence-electron chi connectivity index (χ4n) is 5.28. The summed E-state index contributed by atoms with van der Waals surface area (Å²) in [6, 6.07) is -0.0325. The van der Waals surface area contributed by atoms with E-state index >= 15 is 4.39 Å². The van der Waals surface area contributed by atoms with E-state index in [9.17, 15) is 18.0 Å². The average molecular weight is 535 g/mol. The number of ether oxygens (including phenoxy) is 2. The maximum absolute atomic E-state index is 16.4. The van der Waals surface area contributed by atoms with Crippen molar-refractivity contribution in [3.63, 3.8) is 0 Å². The van der Waals surface area contributed by atoms with Crippen LogP contribution in [0, 0.1) is 26.6 Å². The summed E-state index contributed by atoms with van der Waals surface area (Å²) < 4.78 is 69.8. The first-order chi connectivity index (χ1) is 17.8. The van der Waals surface area contributed by atoms with E-state index in [1.54, 1.807) is 20.8 Å². The smallest absolute Gasteiger partial charge is 0.418 e. The van der Waals surface area contributed by atoms with E-state index in [0.29, 0.717) is 23.6 Å². The average Bonchev–Trinajstić information content (AvgIpc) is 2.95. The predicted octanol–water partition coefficient (Wildman–Crippen LogP) is 3.46. The second-order valence-corrected chi connectivity index (χ2v) is 9.55. The summed E-state index contributed by atoms with van der Waals surface area (Å²) >= 11 is 0. The minimum Gasteiger partial charge on any atom is -0.472 e. The van der Waals surface area contributed by atoms with Crippen molar-refractivity contribution >= 4 is 28.4 Å². The first-order valence-corrected chi connectivity index (χ1v) is 11.9. The number of nitrogen functional groups attached to an aromatic ring is 1. The number of carbonyl (C=O) groups is 1. The zero-order valence-corrected chi connectivity index (χ0v) is 21.3. The van der Waals surface area contributed by atoms with Gasteiger partial charge in [-0.05, 0) is 39.3 Å². The summed E-state index contributed by atoms with van der Waals surface area (Å²) in [5.41, 5.74) is 4.08. The Bertz CT molecular complexity index is 1480. The monoisotopic (exact) mass is 534 g/mol. The van der Waals surface area contributed by atoms with Gasteiger partial charge in [-0.3, -0.25) is 4.79 Å². The number of nitrogens with one attached hydrogen (secondary N) is 1. The van der Waals surface area contributed by atoms with Gasteiger partial charge in [0.15, 0.2) is 5.82 Å². The first-order valence-electron chi connectivity index (χ1n) is 11.9. The molecule has 13 heteroatoms. The molecule has 1 saturated heterocycles. The molecular formula is C25H26F4N6O3. The molecule has 202 valence electrons. The van der Waals surface area contributed by atoms with Crippen LogP contribution in [0.2, 0.25) is 0 Å². The van der Waals surface area contributed by atoms with Crippen LogP contribution in [-0.2, 0) is 15.7 Å². The first kappa shape index (κ1) is 25.9. The number of methoxy groups -OCH3 is 1. The van der Waals surface area contributed by atoms with E-state index in [2.05, 4.69) is 15.3 Å². The van der Waals surface area contributed by atoms with Gasteiger partial charge in [-0.25, -0.2) is 19.3 Å². The van der Waals surface area contributed by atoms with Gasteiger partial charge in [0.05, 0.1) is 29.8 Å². The zero-order chi connectivity index (χ0) is 27.7. The number of hydrogen-bond acceptors (Lipinski definition) is 9. The van der Waals surface area contributed by atoms with Crippen LogP contribution in [0.15, 0.2) is 6.07 Å². The van der Waals surface area contributed by atoms with Gasteiger partial charge >= 0.3 is 12.1 Å². The number of pyridine rings is 3. The highest BCUT2D eigenvalue weighted by Gasteiger charge is 2.42. The third-order valence-electron chi connectivity index (χ3n) is 7.23. The fourth-order valence-corrected chi connectivity index (χ4v) is 5.28. The van der Waals surface area contributed by atoms with Crippen molar-refractivity contribution < 1.29 is 31.8 Å². The topological polar surface area (TPSA) is 115 Å². The number of anilines is 2. The Balaban J connectivity index is 1.83. The van der Waals surface area contributed by atoms with Gasteiger partial charge in [0, 0.05) is 29.7 Å². The standard InChI is InChI=1S/C25H26F4N6O3/c1-9-10(2)33-22-18-17(9)20(26)21(13-6-16(30)32-11(3)19(13)25(27,28)29)34-23(18)38-12(4)15-7-31-14(8-35(15)22)24(36)37-5/h6,12,14-15,31H,7-8H2,1-5H3,(H2,30,32)/t12?,14?,15-/m0/s1. The van der Waals surface area contributed by atoms with Crippen molar-refractivity contribution in [3.8, 4) is 17.1 Å². The van der Waals surface area contributed by atoms with Crippen molar-refractivity contribution in [1.82, 2.24) is 20.3 Å². The molecule has 0 radical (unpaired) electrons. The molecule has 5 heterocycles. The van der Waals surface area contributed by atoms with Crippen LogP contribution in [0.25, 0.3) is 22.0 Å². The van der Waals surface area contributed by atoms with Crippen LogP contribution >= 0.6 is 0 Å². The number of aryl methyl sites for hydroxylation is 3. The maximum atomic E-state index is 16.4. The number of halogens is 4. The van der Waals surface area contributed by atoms with Gasteiger partial charge in [-0.1, -0.05) is 0 Å². The van der Waals surface area contributed by atoms with Crippen molar-refractivity contribution in [2.75, 3.05) is 30.8 Å². The maximum Gasteiger partial charge on any atom is 0.418 e. The molecule has 0 amide bonds. The Morgan fingerprint density at radius 2 is 1.89 bits per heavy atom. The Kier molecular flexibility index (Phi) is 6.08. The number of fused-ring (bicyclic) bond motifs is 2. The van der Waals surface area contributed by atoms with Crippen molar-refractivity contribution in [2.45, 2.75) is 52.1 Å². The van der Waals surface area contributed by atoms with E-state index in [0.717, 1.165) is 13.0 Å². The van der Waals surface area contributed by atoms with Gasteiger partial charge < -0.3 is 25.4 Å². The number of nitrogens with zero attached hydrogens (tertiary/aromatic N) is 4. The van der Waals surface area contributed by atoms with Crippen LogP contribution in [0.1, 0.15) is 29.4 Å². The molecule has 3 atom stereocenters. The zero-order valence-electron chi connectivity index (χ0n) is 21.3. The molecule has 5 rings (SSSR count). The van der Waals surface area contributed by atoms with Gasteiger partial charge in [-0.2, -0.15) is 13.2 Å². The number of alkyl halides is 3. The fraction of sp³-hybridized carbons (Fsp3) is 0.440. The molecule has 0 aliphatic carbocycles. The largest absolute Gasteiger partial charge is 0.472 e. The highest BCUT2D eigenvalue weighted by Crippen LogP contribution is 2.46. The third-order valence-corrected chi connectivity index (χ3v) is 7.23. The molecule has 0 spiro atoms. The molecular weight excluding hydrogens is 508 g/mol. The molecule has 0 bridgehead atoms. The predicted molar refractivity (Wildman–Crippen MR) is 131 cm³/mol. The number of hydrogen-bond donors (Lipinski definition) is 2. The number of nitrogens with two attached hydrogens (primary N) is 1. The Labute approximate surface area is 215 Å². The van der Waals surface area contributed by atoms with Crippen molar-refractivity contribution in [2.24, 2.45) is 0 Å². The molecule has 2 unspecified atom stereocenters. The molecule has 0 aromatic carbocycles. The van der Waals surface area contributed by atoms with Crippen LogP contribution in [0.5, 0.6) is 5.88 Å². The van der Waals surface area contributed by atoms with E-state index in [-0.39, 0.29) is 35.1 Å². The minimum absolute atomic E-state index is 0.0367. The highest BCUT2D eigenvalue weighted by atomic mass is 19.4. The van der Waals surface area contributed by atoms with Crippen LogP contribution in [0.4, 0.5) is 29.2 Å². The third kappa shape index (κ3) is 3.96. The molecule has 2 aliphatic rings. The number of rotatable bonds is 2. The van der Waals surface area contributed by atoms with E-state index in [1.165, 1.54) is 7.11 Å². The quantitative estimate of drug-likeness (QED) is 0.377. The number of piperazine rings is 1. The summed E-state index contributed by atoms with van der Waals surface area (Å²) in [5.74, 6) is -1.35. The molecule has 0 saturated carbocycles. The highest BCUT2D eigenvalue weighted by molar-refractivity contribution is 6.02. The summed E-state index contributed by atoms with van der Waals surface area (Å²) in [6.07, 6.45) is -5.38. The Morgan fingerprint density at radius 3 is 2.55 bits per heavy atom. The minimum atomic E-state index is -4.84. The molecule has 9 nitrogen and oxygen atoms in total. The van der Waals surface area contributed by atoms with Crippen LogP contribution < -0.4 is 20.7 Å². The summed E-state index contributed by atoms with van der Waals surface area (Å²) in [6.45, 7) is 6.74. The van der Waals surface area contributed by atoms with Crippen LogP contribution in [-0.4, -0.2) is 59.3 Å². The molecule has 2 aliphatic heterocycles. The van der Waals surface area contributed by atoms with E-state index < -0.39 is 52.6 Å². The molecule has 3 aromatic rings. The molecule has 38 heavy (non-hydrogen) atoms. The lowest BCUT2D eigenvalue weighted by Gasteiger charge is -2.41. The second-order valence-electron chi connectivity index (χ2n) is 9.55. The lowest BCUT2D eigenvalue weighted by molar-refractivity contribution is -0.143. The lowest BCUT2D eigenvalue weighted by atomic mass is 9.97. The number of esters is 1. The van der Waals surface area contributed by atoms with Crippen molar-refractivity contribution in [1.29, 1.82) is 0 Å². The molecule has 3 aromatic heterocycles. The lowest BCUT2D eigenvalue weighted by Crippen LogP contribution is -2.63. The van der Waals surface area contributed by atoms with Crippen molar-refractivity contribution in [3.05, 3.63) is 34.4 Å². The summed E-state index contributed by atoms with van der Waals surface area (Å²) in [5, 5.41) is 3.39. The van der Waals surface area contributed by atoms with Gasteiger partial charge in [0.25, 0.3) is 0 Å². The van der Waals surface area contributed by atoms with Gasteiger partial charge in [0.1, 0.15) is 29.5 Å². The van der Waals surface area contributed by atoms with E-state index in [1.807, 2.05) is 4.90 Å². The normalized spacial score (nSPS) is 21.1. The summed E-state index contributed by atoms with van der Waals surface area (Å²) in [7, 11) is 1.29. The molecule has 3 N–H and O–H groups in total.